The average Bonchev–Trinajstić information content (AvgIpc) is 2.75. The Labute approximate surface area is 107 Å². The van der Waals surface area contributed by atoms with E-state index >= 15 is 0 Å². The fourth-order valence-corrected chi connectivity index (χ4v) is 2.28. The molecule has 0 fully saturated rings. The van der Waals surface area contributed by atoms with E-state index in [9.17, 15) is 0 Å². The van der Waals surface area contributed by atoms with E-state index in [1.807, 2.05) is 6.08 Å². The fraction of sp³-hybridized carbons (Fsp3) is 0.583. The highest BCUT2D eigenvalue weighted by atomic mass is 32.1. The molecule has 0 amide bonds. The standard InChI is InChI=1S/C12H21N3OS/c1-3-5-15(6-7-16)9-11-10-17-12(14-11)8-13-4-2/h3,10,13,16H,1,4-9H2,2H3. The SMILES string of the molecule is C=CCN(CCO)Cc1csc(CNCC)n1. The topological polar surface area (TPSA) is 48.4 Å². The predicted octanol–water partition coefficient (Wildman–Crippen LogP) is 1.23. The van der Waals surface area contributed by atoms with Crippen molar-refractivity contribution >= 4 is 11.3 Å². The van der Waals surface area contributed by atoms with E-state index in [0.29, 0.717) is 6.54 Å². The normalized spacial score (nSPS) is 11.0. The second kappa shape index (κ2) is 8.36. The monoisotopic (exact) mass is 255 g/mol. The van der Waals surface area contributed by atoms with Crippen molar-refractivity contribution in [1.82, 2.24) is 15.2 Å². The Morgan fingerprint density at radius 2 is 2.47 bits per heavy atom. The van der Waals surface area contributed by atoms with Gasteiger partial charge in [0.05, 0.1) is 12.3 Å². The molecule has 1 aromatic heterocycles. The third-order valence-electron chi connectivity index (χ3n) is 2.31. The van der Waals surface area contributed by atoms with Crippen LogP contribution in [0.1, 0.15) is 17.6 Å². The molecule has 0 aliphatic heterocycles. The Balaban J connectivity index is 2.47. The van der Waals surface area contributed by atoms with Crippen molar-refractivity contribution < 1.29 is 5.11 Å². The van der Waals surface area contributed by atoms with Crippen molar-refractivity contribution in [2.75, 3.05) is 26.2 Å². The zero-order chi connectivity index (χ0) is 12.5. The molecule has 0 aromatic carbocycles. The van der Waals surface area contributed by atoms with Crippen LogP contribution in [0.4, 0.5) is 0 Å². The molecule has 5 heteroatoms. The maximum atomic E-state index is 8.96. The molecule has 0 unspecified atom stereocenters. The van der Waals surface area contributed by atoms with Gasteiger partial charge in [0.2, 0.25) is 0 Å². The van der Waals surface area contributed by atoms with Crippen LogP contribution in [0.15, 0.2) is 18.0 Å². The van der Waals surface area contributed by atoms with Gasteiger partial charge in [-0.2, -0.15) is 0 Å². The Bertz CT molecular complexity index is 327. The third-order valence-corrected chi connectivity index (χ3v) is 3.21. The highest BCUT2D eigenvalue weighted by Crippen LogP contribution is 2.11. The van der Waals surface area contributed by atoms with Crippen molar-refractivity contribution in [1.29, 1.82) is 0 Å². The highest BCUT2D eigenvalue weighted by Gasteiger charge is 2.07. The van der Waals surface area contributed by atoms with Crippen molar-refractivity contribution in [3.8, 4) is 0 Å². The van der Waals surface area contributed by atoms with Crippen LogP contribution in [-0.4, -0.2) is 41.2 Å². The van der Waals surface area contributed by atoms with Gasteiger partial charge in [-0.15, -0.1) is 17.9 Å². The number of hydrogen-bond donors (Lipinski definition) is 2. The van der Waals surface area contributed by atoms with Crippen molar-refractivity contribution in [3.63, 3.8) is 0 Å². The Hall–Kier alpha value is -0.750. The number of nitrogens with zero attached hydrogens (tertiary/aromatic N) is 2. The van der Waals surface area contributed by atoms with E-state index in [1.165, 1.54) is 0 Å². The molecule has 0 atom stereocenters. The van der Waals surface area contributed by atoms with Crippen molar-refractivity contribution in [2.24, 2.45) is 0 Å². The first kappa shape index (κ1) is 14.3. The molecule has 96 valence electrons. The highest BCUT2D eigenvalue weighted by molar-refractivity contribution is 7.09. The molecule has 0 bridgehead atoms. The minimum atomic E-state index is 0.169. The first-order chi connectivity index (χ1) is 8.30. The Morgan fingerprint density at radius 1 is 1.65 bits per heavy atom. The molecule has 0 saturated carbocycles. The second-order valence-corrected chi connectivity index (χ2v) is 4.70. The Kier molecular flexibility index (Phi) is 7.04. The van der Waals surface area contributed by atoms with E-state index in [0.717, 1.165) is 36.9 Å². The lowest BCUT2D eigenvalue weighted by molar-refractivity contribution is 0.202. The predicted molar refractivity (Wildman–Crippen MR) is 72.1 cm³/mol. The van der Waals surface area contributed by atoms with Gasteiger partial charge < -0.3 is 10.4 Å². The zero-order valence-corrected chi connectivity index (χ0v) is 11.2. The van der Waals surface area contributed by atoms with Gasteiger partial charge in [-0.25, -0.2) is 4.98 Å². The van der Waals surface area contributed by atoms with Crippen LogP contribution in [0.25, 0.3) is 0 Å². The van der Waals surface area contributed by atoms with E-state index in [2.05, 4.69) is 34.1 Å². The summed E-state index contributed by atoms with van der Waals surface area (Å²) in [6, 6.07) is 0. The van der Waals surface area contributed by atoms with E-state index < -0.39 is 0 Å². The zero-order valence-electron chi connectivity index (χ0n) is 10.4. The van der Waals surface area contributed by atoms with Crippen LogP contribution < -0.4 is 5.32 Å². The number of hydrogen-bond acceptors (Lipinski definition) is 5. The van der Waals surface area contributed by atoms with Gasteiger partial charge in [-0.1, -0.05) is 13.0 Å². The van der Waals surface area contributed by atoms with Crippen LogP contribution >= 0.6 is 11.3 Å². The minimum Gasteiger partial charge on any atom is -0.395 e. The molecule has 0 aliphatic rings. The maximum absolute atomic E-state index is 8.96. The van der Waals surface area contributed by atoms with Gasteiger partial charge in [0.15, 0.2) is 0 Å². The summed E-state index contributed by atoms with van der Waals surface area (Å²) < 4.78 is 0. The first-order valence-electron chi connectivity index (χ1n) is 5.88. The number of aliphatic hydroxyl groups excluding tert-OH is 1. The van der Waals surface area contributed by atoms with Gasteiger partial charge in [-0.05, 0) is 6.54 Å². The molecule has 4 nitrogen and oxygen atoms in total. The summed E-state index contributed by atoms with van der Waals surface area (Å²) in [5, 5.41) is 15.4. The first-order valence-corrected chi connectivity index (χ1v) is 6.76. The van der Waals surface area contributed by atoms with Gasteiger partial charge >= 0.3 is 0 Å². The lowest BCUT2D eigenvalue weighted by Gasteiger charge is -2.17. The summed E-state index contributed by atoms with van der Waals surface area (Å²) in [7, 11) is 0. The molecule has 2 N–H and O–H groups in total. The molecule has 1 rings (SSSR count). The molecular formula is C12H21N3OS. The van der Waals surface area contributed by atoms with Gasteiger partial charge in [0, 0.05) is 31.6 Å². The molecule has 0 spiro atoms. The van der Waals surface area contributed by atoms with Crippen LogP contribution in [0, 0.1) is 0 Å². The van der Waals surface area contributed by atoms with Crippen molar-refractivity contribution in [3.05, 3.63) is 28.7 Å². The number of aliphatic hydroxyl groups is 1. The van der Waals surface area contributed by atoms with E-state index in [4.69, 9.17) is 5.11 Å². The third kappa shape index (κ3) is 5.41. The summed E-state index contributed by atoms with van der Waals surface area (Å²) in [5.41, 5.74) is 1.07. The van der Waals surface area contributed by atoms with Crippen LogP contribution in [0.5, 0.6) is 0 Å². The number of nitrogens with one attached hydrogen (secondary N) is 1. The molecule has 0 radical (unpaired) electrons. The van der Waals surface area contributed by atoms with Gasteiger partial charge in [0.1, 0.15) is 5.01 Å². The molecule has 1 heterocycles. The number of rotatable bonds is 9. The molecule has 17 heavy (non-hydrogen) atoms. The summed E-state index contributed by atoms with van der Waals surface area (Å²) in [4.78, 5) is 6.67. The minimum absolute atomic E-state index is 0.169. The molecular weight excluding hydrogens is 234 g/mol. The summed E-state index contributed by atoms with van der Waals surface area (Å²) in [5.74, 6) is 0. The van der Waals surface area contributed by atoms with Gasteiger partial charge in [0.25, 0.3) is 0 Å². The van der Waals surface area contributed by atoms with Crippen LogP contribution in [0.3, 0.4) is 0 Å². The lowest BCUT2D eigenvalue weighted by Crippen LogP contribution is -2.26. The second-order valence-electron chi connectivity index (χ2n) is 3.76. The summed E-state index contributed by atoms with van der Waals surface area (Å²) >= 11 is 1.68. The van der Waals surface area contributed by atoms with E-state index in [-0.39, 0.29) is 6.61 Å². The summed E-state index contributed by atoms with van der Waals surface area (Å²) in [6.45, 7) is 9.98. The average molecular weight is 255 g/mol. The quantitative estimate of drug-likeness (QED) is 0.652. The Morgan fingerprint density at radius 3 is 3.12 bits per heavy atom. The summed E-state index contributed by atoms with van der Waals surface area (Å²) in [6.07, 6.45) is 1.85. The van der Waals surface area contributed by atoms with Crippen LogP contribution in [0.2, 0.25) is 0 Å². The number of aromatic nitrogens is 1. The fourth-order valence-electron chi connectivity index (χ4n) is 1.52. The van der Waals surface area contributed by atoms with Gasteiger partial charge in [-0.3, -0.25) is 4.90 Å². The molecule has 0 aliphatic carbocycles. The lowest BCUT2D eigenvalue weighted by atomic mass is 10.4. The molecule has 1 aromatic rings. The molecule has 0 saturated heterocycles. The maximum Gasteiger partial charge on any atom is 0.107 e. The van der Waals surface area contributed by atoms with Crippen molar-refractivity contribution in [2.45, 2.75) is 20.0 Å². The smallest absolute Gasteiger partial charge is 0.107 e. The largest absolute Gasteiger partial charge is 0.395 e. The van der Waals surface area contributed by atoms with E-state index in [1.54, 1.807) is 11.3 Å². The van der Waals surface area contributed by atoms with Crippen LogP contribution in [-0.2, 0) is 13.1 Å². The number of thiazole rings is 1.